The third-order valence-corrected chi connectivity index (χ3v) is 5.01. The molecule has 2 rings (SSSR count). The summed E-state index contributed by atoms with van der Waals surface area (Å²) >= 11 is 1.44. The Balaban J connectivity index is 2.23. The van der Waals surface area contributed by atoms with Crippen LogP contribution in [-0.4, -0.2) is 42.1 Å². The van der Waals surface area contributed by atoms with Gasteiger partial charge in [0.25, 0.3) is 5.91 Å². The second kappa shape index (κ2) is 10.5. The van der Waals surface area contributed by atoms with Crippen LogP contribution >= 0.6 is 11.3 Å². The van der Waals surface area contributed by atoms with Crippen molar-refractivity contribution in [2.24, 2.45) is 0 Å². The van der Waals surface area contributed by atoms with Crippen LogP contribution in [0.3, 0.4) is 0 Å². The van der Waals surface area contributed by atoms with E-state index in [1.165, 1.54) is 11.3 Å². The van der Waals surface area contributed by atoms with Gasteiger partial charge >= 0.3 is 0 Å². The number of hydrogen-bond donors (Lipinski definition) is 0. The van der Waals surface area contributed by atoms with Crippen molar-refractivity contribution in [3.63, 3.8) is 0 Å². The highest BCUT2D eigenvalue weighted by atomic mass is 32.1. The normalized spacial score (nSPS) is 11.0. The van der Waals surface area contributed by atoms with Gasteiger partial charge in [-0.25, -0.2) is 4.98 Å². The van der Waals surface area contributed by atoms with E-state index in [1.807, 2.05) is 39.1 Å². The Morgan fingerprint density at radius 3 is 2.57 bits per heavy atom. The summed E-state index contributed by atoms with van der Waals surface area (Å²) in [6.45, 7) is 9.36. The zero-order chi connectivity index (χ0) is 20.5. The van der Waals surface area contributed by atoms with Crippen molar-refractivity contribution >= 4 is 28.9 Å². The smallest absolute Gasteiger partial charge is 0.260 e. The molecule has 148 valence electrons. The molecule has 0 N–H and O–H groups in total. The number of thiazole rings is 1. The highest BCUT2D eigenvalue weighted by Gasteiger charge is 2.13. The third kappa shape index (κ3) is 5.57. The number of carbonyl (C=O) groups is 1. The molecule has 0 aliphatic heterocycles. The van der Waals surface area contributed by atoms with Gasteiger partial charge in [-0.2, -0.15) is 5.26 Å². The molecule has 7 heteroatoms. The first-order chi connectivity index (χ1) is 13.5. The molecular formula is C21H25N3O3S. The predicted molar refractivity (Wildman–Crippen MR) is 111 cm³/mol. The Morgan fingerprint density at radius 2 is 2.00 bits per heavy atom. The molecule has 0 spiro atoms. The summed E-state index contributed by atoms with van der Waals surface area (Å²) in [7, 11) is 0. The van der Waals surface area contributed by atoms with E-state index >= 15 is 0 Å². The molecule has 1 heterocycles. The van der Waals surface area contributed by atoms with E-state index in [1.54, 1.807) is 23.1 Å². The number of nitriles is 1. The van der Waals surface area contributed by atoms with E-state index in [0.717, 1.165) is 11.3 Å². The maximum Gasteiger partial charge on any atom is 0.260 e. The Bertz CT molecular complexity index is 879. The van der Waals surface area contributed by atoms with Gasteiger partial charge < -0.3 is 14.4 Å². The number of nitrogens with zero attached hydrogens (tertiary/aromatic N) is 3. The summed E-state index contributed by atoms with van der Waals surface area (Å²) in [6, 6.07) is 7.59. The molecule has 0 bridgehead atoms. The number of likely N-dealkylation sites (N-methyl/N-ethyl adjacent to an activating group) is 1. The van der Waals surface area contributed by atoms with E-state index in [2.05, 4.69) is 11.1 Å². The molecule has 0 aliphatic carbocycles. The lowest BCUT2D eigenvalue weighted by Gasteiger charge is -2.19. The van der Waals surface area contributed by atoms with Crippen molar-refractivity contribution in [2.45, 2.75) is 27.7 Å². The van der Waals surface area contributed by atoms with Gasteiger partial charge in [-0.05, 0) is 51.5 Å². The average Bonchev–Trinajstić information content (AvgIpc) is 3.12. The lowest BCUT2D eigenvalue weighted by molar-refractivity contribution is -0.132. The molecule has 0 unspecified atom stereocenters. The number of allylic oxidation sites excluding steroid dienone is 1. The minimum absolute atomic E-state index is 0.0429. The average molecular weight is 400 g/mol. The van der Waals surface area contributed by atoms with Crippen molar-refractivity contribution < 1.29 is 14.3 Å². The lowest BCUT2D eigenvalue weighted by Crippen LogP contribution is -2.34. The monoisotopic (exact) mass is 399 g/mol. The van der Waals surface area contributed by atoms with Crippen LogP contribution in [0.25, 0.3) is 11.6 Å². The number of hydrogen-bond acceptors (Lipinski definition) is 6. The van der Waals surface area contributed by atoms with E-state index in [9.17, 15) is 10.1 Å². The Hall–Kier alpha value is -2.85. The zero-order valence-electron chi connectivity index (χ0n) is 16.7. The maximum absolute atomic E-state index is 12.2. The maximum atomic E-state index is 12.2. The van der Waals surface area contributed by atoms with Gasteiger partial charge in [0.2, 0.25) is 0 Å². The van der Waals surface area contributed by atoms with Crippen LogP contribution < -0.4 is 9.47 Å². The largest absolute Gasteiger partial charge is 0.490 e. The summed E-state index contributed by atoms with van der Waals surface area (Å²) in [5.74, 6) is 0.974. The number of rotatable bonds is 9. The minimum Gasteiger partial charge on any atom is -0.490 e. The summed E-state index contributed by atoms with van der Waals surface area (Å²) in [5, 5.41) is 12.1. The third-order valence-electron chi connectivity index (χ3n) is 4.02. The summed E-state index contributed by atoms with van der Waals surface area (Å²) in [6.07, 6.45) is 1.77. The SMILES string of the molecule is CCOc1cc(/C=C(/C#N)c2nc(C)cs2)ccc1OCC(=O)N(CC)CC. The first-order valence-electron chi connectivity index (χ1n) is 9.24. The molecule has 0 radical (unpaired) electrons. The van der Waals surface area contributed by atoms with Crippen LogP contribution in [-0.2, 0) is 4.79 Å². The molecule has 0 saturated carbocycles. The Kier molecular flexibility index (Phi) is 8.02. The number of aromatic nitrogens is 1. The van der Waals surface area contributed by atoms with Crippen LogP contribution in [0.5, 0.6) is 11.5 Å². The molecule has 0 aliphatic rings. The standard InChI is InChI=1S/C21H25N3O3S/c1-5-24(6-2)20(25)13-27-18-9-8-16(11-19(18)26-7-3)10-17(12-22)21-23-15(4)14-28-21/h8-11,14H,5-7,13H2,1-4H3/b17-10-. The summed E-state index contributed by atoms with van der Waals surface area (Å²) in [5.41, 5.74) is 2.18. The molecule has 1 amide bonds. The second-order valence-electron chi connectivity index (χ2n) is 5.96. The number of ether oxygens (including phenoxy) is 2. The van der Waals surface area contributed by atoms with E-state index < -0.39 is 0 Å². The zero-order valence-corrected chi connectivity index (χ0v) is 17.5. The topological polar surface area (TPSA) is 75.5 Å². The van der Waals surface area contributed by atoms with E-state index in [-0.39, 0.29) is 12.5 Å². The molecule has 2 aromatic rings. The van der Waals surface area contributed by atoms with Gasteiger partial charge in [-0.3, -0.25) is 4.79 Å². The fourth-order valence-electron chi connectivity index (χ4n) is 2.60. The van der Waals surface area contributed by atoms with Gasteiger partial charge in [0.15, 0.2) is 18.1 Å². The molecule has 6 nitrogen and oxygen atoms in total. The molecule has 0 atom stereocenters. The highest BCUT2D eigenvalue weighted by molar-refractivity contribution is 7.11. The van der Waals surface area contributed by atoms with E-state index in [4.69, 9.17) is 9.47 Å². The van der Waals surface area contributed by atoms with E-state index in [0.29, 0.717) is 41.8 Å². The minimum atomic E-state index is -0.0673. The Labute approximate surface area is 170 Å². The number of carbonyl (C=O) groups excluding carboxylic acids is 1. The van der Waals surface area contributed by atoms with Crippen LogP contribution in [0.15, 0.2) is 23.6 Å². The second-order valence-corrected chi connectivity index (χ2v) is 6.82. The first kappa shape index (κ1) is 21.5. The summed E-state index contributed by atoms with van der Waals surface area (Å²) in [4.78, 5) is 18.2. The molecule has 1 aromatic carbocycles. The summed E-state index contributed by atoms with van der Waals surface area (Å²) < 4.78 is 11.4. The lowest BCUT2D eigenvalue weighted by atomic mass is 10.1. The van der Waals surface area contributed by atoms with Crippen molar-refractivity contribution in [3.8, 4) is 17.6 Å². The highest BCUT2D eigenvalue weighted by Crippen LogP contribution is 2.30. The predicted octanol–water partition coefficient (Wildman–Crippen LogP) is 4.16. The number of aryl methyl sites for hydroxylation is 1. The number of amides is 1. The van der Waals surface area contributed by atoms with Gasteiger partial charge in [0.05, 0.1) is 12.2 Å². The number of benzene rings is 1. The molecular weight excluding hydrogens is 374 g/mol. The Morgan fingerprint density at radius 1 is 1.25 bits per heavy atom. The van der Waals surface area contributed by atoms with Crippen LogP contribution in [0, 0.1) is 18.3 Å². The first-order valence-corrected chi connectivity index (χ1v) is 10.1. The fraction of sp³-hybridized carbons (Fsp3) is 0.381. The molecule has 0 fully saturated rings. The van der Waals surface area contributed by atoms with Gasteiger partial charge in [0, 0.05) is 24.2 Å². The van der Waals surface area contributed by atoms with Crippen LogP contribution in [0.4, 0.5) is 0 Å². The van der Waals surface area contributed by atoms with Crippen molar-refractivity contribution in [1.82, 2.24) is 9.88 Å². The van der Waals surface area contributed by atoms with Gasteiger partial charge in [-0.15, -0.1) is 11.3 Å². The van der Waals surface area contributed by atoms with Crippen molar-refractivity contribution in [2.75, 3.05) is 26.3 Å². The van der Waals surface area contributed by atoms with Gasteiger partial charge in [-0.1, -0.05) is 6.07 Å². The van der Waals surface area contributed by atoms with Crippen LogP contribution in [0.1, 0.15) is 37.0 Å². The van der Waals surface area contributed by atoms with Crippen molar-refractivity contribution in [3.05, 3.63) is 39.8 Å². The van der Waals surface area contributed by atoms with Crippen molar-refractivity contribution in [1.29, 1.82) is 5.26 Å². The fourth-order valence-corrected chi connectivity index (χ4v) is 3.36. The quantitative estimate of drug-likeness (QED) is 0.592. The molecule has 0 saturated heterocycles. The molecule has 28 heavy (non-hydrogen) atoms. The molecule has 1 aromatic heterocycles. The van der Waals surface area contributed by atoms with Gasteiger partial charge in [0.1, 0.15) is 11.1 Å². The van der Waals surface area contributed by atoms with Crippen LogP contribution in [0.2, 0.25) is 0 Å².